The summed E-state index contributed by atoms with van der Waals surface area (Å²) in [6, 6.07) is 6.09. The molecule has 3 heteroatoms. The molecule has 84 valence electrons. The van der Waals surface area contributed by atoms with Crippen molar-refractivity contribution in [3.63, 3.8) is 0 Å². The van der Waals surface area contributed by atoms with Gasteiger partial charge in [-0.1, -0.05) is 28.1 Å². The summed E-state index contributed by atoms with van der Waals surface area (Å²) in [5, 5.41) is 9.08. The number of aryl methyl sites for hydroxylation is 1. The number of halogens is 1. The van der Waals surface area contributed by atoms with Crippen LogP contribution in [0.1, 0.15) is 24.5 Å². The molecule has 0 saturated carbocycles. The number of carboxylic acids is 1. The van der Waals surface area contributed by atoms with Crippen molar-refractivity contribution in [2.75, 3.05) is 0 Å². The van der Waals surface area contributed by atoms with E-state index in [1.807, 2.05) is 18.2 Å². The minimum Gasteiger partial charge on any atom is -0.481 e. The Hall–Kier alpha value is -1.09. The van der Waals surface area contributed by atoms with Gasteiger partial charge in [-0.25, -0.2) is 0 Å². The number of aliphatic carboxylic acids is 1. The van der Waals surface area contributed by atoms with E-state index in [2.05, 4.69) is 22.0 Å². The molecule has 1 N–H and O–H groups in total. The average Bonchev–Trinajstić information content (AvgIpc) is 2.27. The molecule has 0 heterocycles. The highest BCUT2D eigenvalue weighted by atomic mass is 79.9. The van der Waals surface area contributed by atoms with Gasteiger partial charge in [-0.2, -0.15) is 0 Å². The highest BCUT2D eigenvalue weighted by molar-refractivity contribution is 9.10. The molecule has 0 aromatic heterocycles. The molecule has 16 heavy (non-hydrogen) atoms. The maximum absolute atomic E-state index is 11.0. The van der Waals surface area contributed by atoms with Gasteiger partial charge in [-0.3, -0.25) is 4.79 Å². The topological polar surface area (TPSA) is 37.3 Å². The Labute approximate surface area is 103 Å². The minimum atomic E-state index is -0.765. The highest BCUT2D eigenvalue weighted by Crippen LogP contribution is 2.33. The van der Waals surface area contributed by atoms with Crippen LogP contribution in [0.25, 0.3) is 5.57 Å². The van der Waals surface area contributed by atoms with E-state index in [4.69, 9.17) is 5.11 Å². The third-order valence-electron chi connectivity index (χ3n) is 3.00. The molecule has 0 radical (unpaired) electrons. The van der Waals surface area contributed by atoms with E-state index < -0.39 is 11.9 Å². The first-order valence-electron chi connectivity index (χ1n) is 5.31. The van der Waals surface area contributed by atoms with E-state index in [9.17, 15) is 4.79 Å². The Morgan fingerprint density at radius 3 is 2.94 bits per heavy atom. The van der Waals surface area contributed by atoms with Gasteiger partial charge in [0.25, 0.3) is 0 Å². The fourth-order valence-electron chi connectivity index (χ4n) is 2.07. The molecular weight excluding hydrogens is 268 g/mol. The van der Waals surface area contributed by atoms with E-state index in [-0.39, 0.29) is 0 Å². The molecule has 0 bridgehead atoms. The minimum absolute atomic E-state index is 0.437. The fourth-order valence-corrected chi connectivity index (χ4v) is 2.43. The second-order valence-corrected chi connectivity index (χ2v) is 4.98. The van der Waals surface area contributed by atoms with Gasteiger partial charge in [0, 0.05) is 4.47 Å². The summed E-state index contributed by atoms with van der Waals surface area (Å²) >= 11 is 3.43. The highest BCUT2D eigenvalue weighted by Gasteiger charge is 2.22. The lowest BCUT2D eigenvalue weighted by Crippen LogP contribution is -2.14. The van der Waals surface area contributed by atoms with Crippen molar-refractivity contribution in [3.8, 4) is 0 Å². The van der Waals surface area contributed by atoms with Crippen LogP contribution < -0.4 is 0 Å². The Bertz CT molecular complexity index is 463. The SMILES string of the molecule is CC(C(=O)O)C1=CCCc2ccc(Br)cc21. The van der Waals surface area contributed by atoms with Crippen LogP contribution in [0.15, 0.2) is 28.7 Å². The molecular formula is C13H13BrO2. The maximum atomic E-state index is 11.0. The molecule has 0 fully saturated rings. The molecule has 1 aliphatic carbocycles. The zero-order valence-electron chi connectivity index (χ0n) is 9.03. The van der Waals surface area contributed by atoms with Crippen molar-refractivity contribution in [1.82, 2.24) is 0 Å². The number of hydrogen-bond donors (Lipinski definition) is 1. The zero-order chi connectivity index (χ0) is 11.7. The number of carboxylic acid groups (broad SMARTS) is 1. The summed E-state index contributed by atoms with van der Waals surface area (Å²) < 4.78 is 0.997. The van der Waals surface area contributed by atoms with Crippen molar-refractivity contribution in [2.45, 2.75) is 19.8 Å². The molecule has 1 aromatic rings. The van der Waals surface area contributed by atoms with Gasteiger partial charge in [-0.15, -0.1) is 0 Å². The Morgan fingerprint density at radius 2 is 2.25 bits per heavy atom. The molecule has 0 saturated heterocycles. The lowest BCUT2D eigenvalue weighted by Gasteiger charge is -2.20. The fraction of sp³-hybridized carbons (Fsp3) is 0.308. The van der Waals surface area contributed by atoms with E-state index in [1.54, 1.807) is 6.92 Å². The summed E-state index contributed by atoms with van der Waals surface area (Å²) in [7, 11) is 0. The average molecular weight is 281 g/mol. The van der Waals surface area contributed by atoms with Gasteiger partial charge >= 0.3 is 5.97 Å². The number of fused-ring (bicyclic) bond motifs is 1. The van der Waals surface area contributed by atoms with Crippen LogP contribution in [-0.2, 0) is 11.2 Å². The molecule has 0 spiro atoms. The van der Waals surface area contributed by atoms with Crippen LogP contribution in [0.3, 0.4) is 0 Å². The Morgan fingerprint density at radius 1 is 1.50 bits per heavy atom. The number of rotatable bonds is 2. The van der Waals surface area contributed by atoms with Crippen molar-refractivity contribution in [1.29, 1.82) is 0 Å². The van der Waals surface area contributed by atoms with Crippen LogP contribution in [0.5, 0.6) is 0 Å². The molecule has 2 nitrogen and oxygen atoms in total. The summed E-state index contributed by atoms with van der Waals surface area (Å²) in [6.07, 6.45) is 3.98. The zero-order valence-corrected chi connectivity index (χ0v) is 10.6. The third kappa shape index (κ3) is 2.05. The summed E-state index contributed by atoms with van der Waals surface area (Å²) in [5.41, 5.74) is 3.26. The predicted molar refractivity (Wildman–Crippen MR) is 67.2 cm³/mol. The van der Waals surface area contributed by atoms with Crippen molar-refractivity contribution in [3.05, 3.63) is 39.9 Å². The van der Waals surface area contributed by atoms with Crippen LogP contribution in [0.2, 0.25) is 0 Å². The van der Waals surface area contributed by atoms with E-state index in [0.717, 1.165) is 28.5 Å². The Balaban J connectivity index is 2.47. The van der Waals surface area contributed by atoms with Gasteiger partial charge in [-0.05, 0) is 48.6 Å². The number of allylic oxidation sites excluding steroid dienone is 1. The number of hydrogen-bond acceptors (Lipinski definition) is 1. The van der Waals surface area contributed by atoms with Crippen LogP contribution >= 0.6 is 15.9 Å². The summed E-state index contributed by atoms with van der Waals surface area (Å²) in [5.74, 6) is -1.20. The van der Waals surface area contributed by atoms with E-state index >= 15 is 0 Å². The first-order valence-corrected chi connectivity index (χ1v) is 6.10. The van der Waals surface area contributed by atoms with Gasteiger partial charge in [0.15, 0.2) is 0 Å². The Kier molecular flexibility index (Phi) is 3.15. The molecule has 0 amide bonds. The predicted octanol–water partition coefficient (Wildman–Crippen LogP) is 3.50. The largest absolute Gasteiger partial charge is 0.481 e. The maximum Gasteiger partial charge on any atom is 0.310 e. The quantitative estimate of drug-likeness (QED) is 0.900. The lowest BCUT2D eigenvalue weighted by molar-refractivity contribution is -0.139. The first kappa shape index (κ1) is 11.4. The summed E-state index contributed by atoms with van der Waals surface area (Å²) in [6.45, 7) is 1.74. The molecule has 2 rings (SSSR count). The molecule has 1 atom stereocenters. The monoisotopic (exact) mass is 280 g/mol. The number of carbonyl (C=O) groups is 1. The van der Waals surface area contributed by atoms with E-state index in [1.165, 1.54) is 5.56 Å². The van der Waals surface area contributed by atoms with Crippen molar-refractivity contribution in [2.24, 2.45) is 5.92 Å². The second-order valence-electron chi connectivity index (χ2n) is 4.06. The first-order chi connectivity index (χ1) is 7.59. The van der Waals surface area contributed by atoms with Crippen LogP contribution in [0, 0.1) is 5.92 Å². The normalized spacial score (nSPS) is 16.2. The van der Waals surface area contributed by atoms with Crippen LogP contribution in [0.4, 0.5) is 0 Å². The van der Waals surface area contributed by atoms with Crippen molar-refractivity contribution >= 4 is 27.5 Å². The second kappa shape index (κ2) is 4.42. The third-order valence-corrected chi connectivity index (χ3v) is 3.49. The van der Waals surface area contributed by atoms with Gasteiger partial charge in [0.05, 0.1) is 5.92 Å². The summed E-state index contributed by atoms with van der Waals surface area (Å²) in [4.78, 5) is 11.0. The molecule has 1 aromatic carbocycles. The van der Waals surface area contributed by atoms with Gasteiger partial charge < -0.3 is 5.11 Å². The van der Waals surface area contributed by atoms with Crippen LogP contribution in [-0.4, -0.2) is 11.1 Å². The van der Waals surface area contributed by atoms with Gasteiger partial charge in [0.2, 0.25) is 0 Å². The molecule has 0 aliphatic heterocycles. The molecule has 1 aliphatic rings. The standard InChI is InChI=1S/C13H13BrO2/c1-8(13(15)16)11-4-2-3-9-5-6-10(14)7-12(9)11/h4-8H,2-3H2,1H3,(H,15,16). The smallest absolute Gasteiger partial charge is 0.310 e. The lowest BCUT2D eigenvalue weighted by atomic mass is 9.84. The number of benzene rings is 1. The molecule has 1 unspecified atom stereocenters. The van der Waals surface area contributed by atoms with Crippen molar-refractivity contribution < 1.29 is 9.90 Å². The van der Waals surface area contributed by atoms with E-state index in [0.29, 0.717) is 0 Å². The van der Waals surface area contributed by atoms with Gasteiger partial charge in [0.1, 0.15) is 0 Å².